The largest absolute Gasteiger partial charge is 0.294 e. The van der Waals surface area contributed by atoms with Gasteiger partial charge in [0.15, 0.2) is 0 Å². The van der Waals surface area contributed by atoms with Crippen molar-refractivity contribution in [2.45, 2.75) is 11.8 Å². The third-order valence-electron chi connectivity index (χ3n) is 1.43. The van der Waals surface area contributed by atoms with Gasteiger partial charge in [-0.3, -0.25) is 4.55 Å². The van der Waals surface area contributed by atoms with E-state index < -0.39 is 10.1 Å². The van der Waals surface area contributed by atoms with Gasteiger partial charge < -0.3 is 0 Å². The lowest BCUT2D eigenvalue weighted by Gasteiger charge is -2.01. The van der Waals surface area contributed by atoms with Crippen molar-refractivity contribution in [3.63, 3.8) is 0 Å². The number of rotatable bonds is 1. The van der Waals surface area contributed by atoms with Gasteiger partial charge in [-0.1, -0.05) is 6.07 Å². The fourth-order valence-corrected chi connectivity index (χ4v) is 2.31. The molecule has 5 heteroatoms. The van der Waals surface area contributed by atoms with E-state index in [-0.39, 0.29) is 4.90 Å². The minimum atomic E-state index is -4.06. The van der Waals surface area contributed by atoms with E-state index in [0.29, 0.717) is 5.56 Å². The molecule has 0 amide bonds. The highest BCUT2D eigenvalue weighted by Crippen LogP contribution is 2.17. The lowest BCUT2D eigenvalue weighted by Crippen LogP contribution is -2.00. The molecule has 1 aromatic carbocycles. The fourth-order valence-electron chi connectivity index (χ4n) is 0.852. The molecular weight excluding hydrogens is 291 g/mol. The molecule has 0 atom stereocenters. The Labute approximate surface area is 84.7 Å². The van der Waals surface area contributed by atoms with Crippen LogP contribution in [0.25, 0.3) is 0 Å². The maximum atomic E-state index is 10.8. The van der Waals surface area contributed by atoms with Gasteiger partial charge >= 0.3 is 0 Å². The van der Waals surface area contributed by atoms with Crippen LogP contribution in [0.2, 0.25) is 0 Å². The van der Waals surface area contributed by atoms with Gasteiger partial charge in [0.05, 0.1) is 4.90 Å². The molecule has 0 saturated heterocycles. The summed E-state index contributed by atoms with van der Waals surface area (Å²) in [5.74, 6) is 0. The molecule has 1 N–H and O–H groups in total. The van der Waals surface area contributed by atoms with Crippen molar-refractivity contribution in [2.24, 2.45) is 0 Å². The van der Waals surface area contributed by atoms with Gasteiger partial charge in [-0.15, -0.1) is 0 Å². The summed E-state index contributed by atoms with van der Waals surface area (Å²) < 4.78 is 31.1. The predicted octanol–water partition coefficient (Wildman–Crippen LogP) is 1.85. The molecule has 0 spiro atoms. The van der Waals surface area contributed by atoms with E-state index in [0.717, 1.165) is 3.57 Å². The van der Waals surface area contributed by atoms with E-state index in [1.165, 1.54) is 6.07 Å². The second-order valence-electron chi connectivity index (χ2n) is 2.38. The van der Waals surface area contributed by atoms with Crippen molar-refractivity contribution in [2.75, 3.05) is 0 Å². The number of aryl methyl sites for hydroxylation is 1. The van der Waals surface area contributed by atoms with Crippen LogP contribution in [0.5, 0.6) is 0 Å². The summed E-state index contributed by atoms with van der Waals surface area (Å²) in [6.45, 7) is 1.64. The van der Waals surface area contributed by atoms with Crippen LogP contribution in [0.3, 0.4) is 0 Å². The first kappa shape index (κ1) is 9.94. The van der Waals surface area contributed by atoms with Crippen molar-refractivity contribution in [3.8, 4) is 0 Å². The molecule has 0 heterocycles. The Hall–Kier alpha value is -0.140. The molecule has 0 saturated carbocycles. The average molecular weight is 298 g/mol. The van der Waals surface area contributed by atoms with Crippen LogP contribution >= 0.6 is 22.6 Å². The highest BCUT2D eigenvalue weighted by Gasteiger charge is 2.12. The van der Waals surface area contributed by atoms with Crippen molar-refractivity contribution >= 4 is 32.7 Å². The number of hydrogen-bond donors (Lipinski definition) is 1. The van der Waals surface area contributed by atoms with E-state index in [1.807, 2.05) is 22.6 Å². The summed E-state index contributed by atoms with van der Waals surface area (Å²) in [6.07, 6.45) is 0. The van der Waals surface area contributed by atoms with E-state index in [9.17, 15) is 8.42 Å². The zero-order chi connectivity index (χ0) is 9.35. The SMILES string of the molecule is Cc1ccc(I)cc1S(=O)(=O)O. The smallest absolute Gasteiger partial charge is 0.282 e. The molecule has 0 bridgehead atoms. The molecule has 0 aromatic heterocycles. The maximum Gasteiger partial charge on any atom is 0.294 e. The Morgan fingerprint density at radius 1 is 1.42 bits per heavy atom. The first-order valence-corrected chi connectivity index (χ1v) is 5.67. The Bertz CT molecular complexity index is 397. The average Bonchev–Trinajstić information content (AvgIpc) is 1.92. The zero-order valence-corrected chi connectivity index (χ0v) is 9.26. The monoisotopic (exact) mass is 298 g/mol. The normalized spacial score (nSPS) is 11.6. The van der Waals surface area contributed by atoms with Crippen LogP contribution in [-0.4, -0.2) is 13.0 Å². The minimum absolute atomic E-state index is 0.0191. The summed E-state index contributed by atoms with van der Waals surface area (Å²) >= 11 is 1.99. The molecule has 1 aromatic rings. The molecule has 3 nitrogen and oxygen atoms in total. The fraction of sp³-hybridized carbons (Fsp3) is 0.143. The zero-order valence-electron chi connectivity index (χ0n) is 6.28. The van der Waals surface area contributed by atoms with Crippen molar-refractivity contribution in [3.05, 3.63) is 27.3 Å². The van der Waals surface area contributed by atoms with Gasteiger partial charge in [0.25, 0.3) is 10.1 Å². The van der Waals surface area contributed by atoms with Crippen LogP contribution in [0, 0.1) is 10.5 Å². The van der Waals surface area contributed by atoms with E-state index >= 15 is 0 Å². The second-order valence-corrected chi connectivity index (χ2v) is 5.02. The van der Waals surface area contributed by atoms with Gasteiger partial charge in [-0.2, -0.15) is 8.42 Å². The number of benzene rings is 1. The Morgan fingerprint density at radius 2 is 2.00 bits per heavy atom. The van der Waals surface area contributed by atoms with Crippen molar-refractivity contribution < 1.29 is 13.0 Å². The first-order chi connectivity index (χ1) is 5.41. The highest BCUT2D eigenvalue weighted by atomic mass is 127. The van der Waals surface area contributed by atoms with Gasteiger partial charge in [0.1, 0.15) is 0 Å². The molecule has 0 aliphatic carbocycles. The summed E-state index contributed by atoms with van der Waals surface area (Å²) in [6, 6.07) is 4.88. The molecule has 0 aliphatic heterocycles. The van der Waals surface area contributed by atoms with Gasteiger partial charge in [0, 0.05) is 3.57 Å². The summed E-state index contributed by atoms with van der Waals surface area (Å²) in [4.78, 5) is -0.0191. The van der Waals surface area contributed by atoms with Crippen LogP contribution in [-0.2, 0) is 10.1 Å². The summed E-state index contributed by atoms with van der Waals surface area (Å²) in [5, 5.41) is 0. The molecule has 66 valence electrons. The number of halogens is 1. The molecule has 0 aliphatic rings. The second kappa shape index (κ2) is 3.31. The van der Waals surface area contributed by atoms with E-state index in [4.69, 9.17) is 4.55 Å². The van der Waals surface area contributed by atoms with E-state index in [1.54, 1.807) is 19.1 Å². The predicted molar refractivity (Wildman–Crippen MR) is 53.7 cm³/mol. The van der Waals surface area contributed by atoms with Gasteiger partial charge in [-0.25, -0.2) is 0 Å². The van der Waals surface area contributed by atoms with Crippen molar-refractivity contribution in [1.82, 2.24) is 0 Å². The third kappa shape index (κ3) is 2.18. The topological polar surface area (TPSA) is 54.4 Å². The van der Waals surface area contributed by atoms with Crippen LogP contribution in [0.15, 0.2) is 23.1 Å². The standard InChI is InChI=1S/C7H7IO3S/c1-5-2-3-6(8)4-7(5)12(9,10)11/h2-4H,1H3,(H,9,10,11). The Kier molecular flexibility index (Phi) is 2.74. The van der Waals surface area contributed by atoms with Crippen LogP contribution in [0.4, 0.5) is 0 Å². The van der Waals surface area contributed by atoms with Gasteiger partial charge in [-0.05, 0) is 47.2 Å². The van der Waals surface area contributed by atoms with Crippen LogP contribution < -0.4 is 0 Å². The molecule has 1 rings (SSSR count). The first-order valence-electron chi connectivity index (χ1n) is 3.15. The van der Waals surface area contributed by atoms with E-state index in [2.05, 4.69) is 0 Å². The molecule has 0 radical (unpaired) electrons. The molecule has 0 unspecified atom stereocenters. The quantitative estimate of drug-likeness (QED) is 0.636. The minimum Gasteiger partial charge on any atom is -0.282 e. The molecule has 12 heavy (non-hydrogen) atoms. The Balaban J connectivity index is 3.43. The third-order valence-corrected chi connectivity index (χ3v) is 3.09. The lowest BCUT2D eigenvalue weighted by atomic mass is 10.2. The highest BCUT2D eigenvalue weighted by molar-refractivity contribution is 14.1. The Morgan fingerprint density at radius 3 is 2.42 bits per heavy atom. The summed E-state index contributed by atoms with van der Waals surface area (Å²) in [7, 11) is -4.06. The van der Waals surface area contributed by atoms with Crippen LogP contribution in [0.1, 0.15) is 5.56 Å². The van der Waals surface area contributed by atoms with Crippen molar-refractivity contribution in [1.29, 1.82) is 0 Å². The lowest BCUT2D eigenvalue weighted by molar-refractivity contribution is 0.482. The summed E-state index contributed by atoms with van der Waals surface area (Å²) in [5.41, 5.74) is 0.554. The number of hydrogen-bond acceptors (Lipinski definition) is 2. The molecule has 0 fully saturated rings. The maximum absolute atomic E-state index is 10.8. The van der Waals surface area contributed by atoms with Gasteiger partial charge in [0.2, 0.25) is 0 Å². The molecular formula is C7H7IO3S.